The second-order valence-corrected chi connectivity index (χ2v) is 6.75. The zero-order valence-electron chi connectivity index (χ0n) is 14.2. The third-order valence-corrected chi connectivity index (χ3v) is 3.74. The zero-order chi connectivity index (χ0) is 16.2. The lowest BCUT2D eigenvalue weighted by Gasteiger charge is -2.37. The SMILES string of the molecule is Cc1ccc(OCC(=O)N2CCN(CC(C)(C)N)CC2)cc1.Cl. The zero-order valence-corrected chi connectivity index (χ0v) is 15.1. The normalized spacial score (nSPS) is 15.9. The summed E-state index contributed by atoms with van der Waals surface area (Å²) in [7, 11) is 0. The van der Waals surface area contributed by atoms with Crippen LogP contribution in [0.15, 0.2) is 24.3 Å². The highest BCUT2D eigenvalue weighted by atomic mass is 35.5. The number of rotatable bonds is 5. The Bertz CT molecular complexity index is 492. The van der Waals surface area contributed by atoms with Crippen LogP contribution in [-0.2, 0) is 4.79 Å². The molecule has 0 spiro atoms. The van der Waals surface area contributed by atoms with E-state index in [9.17, 15) is 4.79 Å². The van der Waals surface area contributed by atoms with Crippen molar-refractivity contribution >= 4 is 18.3 Å². The quantitative estimate of drug-likeness (QED) is 0.885. The number of piperazine rings is 1. The molecule has 1 heterocycles. The van der Waals surface area contributed by atoms with Crippen molar-refractivity contribution in [2.45, 2.75) is 26.3 Å². The first-order valence-corrected chi connectivity index (χ1v) is 7.82. The number of halogens is 1. The Labute approximate surface area is 145 Å². The second-order valence-electron chi connectivity index (χ2n) is 6.75. The molecule has 1 aliphatic rings. The maximum absolute atomic E-state index is 12.2. The molecule has 6 heteroatoms. The van der Waals surface area contributed by atoms with Crippen molar-refractivity contribution in [3.8, 4) is 5.75 Å². The summed E-state index contributed by atoms with van der Waals surface area (Å²) >= 11 is 0. The predicted octanol–water partition coefficient (Wildman–Crippen LogP) is 1.68. The van der Waals surface area contributed by atoms with E-state index in [1.165, 1.54) is 5.56 Å². The molecule has 0 atom stereocenters. The van der Waals surface area contributed by atoms with Gasteiger partial charge in [0.15, 0.2) is 6.61 Å². The van der Waals surface area contributed by atoms with Crippen LogP contribution in [0, 0.1) is 6.92 Å². The number of hydrogen-bond donors (Lipinski definition) is 1. The van der Waals surface area contributed by atoms with Crippen LogP contribution in [0.25, 0.3) is 0 Å². The van der Waals surface area contributed by atoms with Crippen LogP contribution in [0.2, 0.25) is 0 Å². The average Bonchev–Trinajstić information content (AvgIpc) is 2.45. The fraction of sp³-hybridized carbons (Fsp3) is 0.588. The summed E-state index contributed by atoms with van der Waals surface area (Å²) in [4.78, 5) is 16.4. The fourth-order valence-corrected chi connectivity index (χ4v) is 2.60. The molecule has 0 radical (unpaired) electrons. The van der Waals surface area contributed by atoms with Gasteiger partial charge in [-0.05, 0) is 32.9 Å². The molecule has 23 heavy (non-hydrogen) atoms. The highest BCUT2D eigenvalue weighted by Gasteiger charge is 2.24. The maximum atomic E-state index is 12.2. The molecule has 5 nitrogen and oxygen atoms in total. The van der Waals surface area contributed by atoms with Crippen LogP contribution in [-0.4, -0.2) is 60.6 Å². The van der Waals surface area contributed by atoms with Crippen molar-refractivity contribution in [3.05, 3.63) is 29.8 Å². The minimum atomic E-state index is -0.194. The molecule has 1 aliphatic heterocycles. The summed E-state index contributed by atoms with van der Waals surface area (Å²) in [5.74, 6) is 0.787. The number of carbonyl (C=O) groups excluding carboxylic acids is 1. The number of nitrogens with two attached hydrogens (primary N) is 1. The summed E-state index contributed by atoms with van der Waals surface area (Å²) in [5.41, 5.74) is 7.03. The molecule has 130 valence electrons. The van der Waals surface area contributed by atoms with Gasteiger partial charge >= 0.3 is 0 Å². The Morgan fingerprint density at radius 1 is 1.17 bits per heavy atom. The van der Waals surface area contributed by atoms with Crippen LogP contribution in [0.4, 0.5) is 0 Å². The molecule has 1 aromatic rings. The average molecular weight is 342 g/mol. The van der Waals surface area contributed by atoms with Crippen LogP contribution >= 0.6 is 12.4 Å². The van der Waals surface area contributed by atoms with E-state index in [0.717, 1.165) is 38.5 Å². The van der Waals surface area contributed by atoms with Gasteiger partial charge in [-0.25, -0.2) is 0 Å². The Hall–Kier alpha value is -1.30. The Morgan fingerprint density at radius 3 is 2.26 bits per heavy atom. The van der Waals surface area contributed by atoms with Gasteiger partial charge in [-0.3, -0.25) is 9.69 Å². The first kappa shape index (κ1) is 19.7. The number of aryl methyl sites for hydroxylation is 1. The number of nitrogens with zero attached hydrogens (tertiary/aromatic N) is 2. The third kappa shape index (κ3) is 6.77. The second kappa shape index (κ2) is 8.52. The largest absolute Gasteiger partial charge is 0.484 e. The molecule has 2 N–H and O–H groups in total. The van der Waals surface area contributed by atoms with Crippen LogP contribution in [0.1, 0.15) is 19.4 Å². The van der Waals surface area contributed by atoms with E-state index in [2.05, 4.69) is 4.90 Å². The van der Waals surface area contributed by atoms with Gasteiger partial charge < -0.3 is 15.4 Å². The number of carbonyl (C=O) groups is 1. The molecular formula is C17H28ClN3O2. The first-order valence-electron chi connectivity index (χ1n) is 7.82. The topological polar surface area (TPSA) is 58.8 Å². The van der Waals surface area contributed by atoms with Gasteiger partial charge in [0, 0.05) is 38.3 Å². The molecule has 2 rings (SSSR count). The summed E-state index contributed by atoms with van der Waals surface area (Å²) in [6.45, 7) is 10.3. The molecular weight excluding hydrogens is 314 g/mol. The lowest BCUT2D eigenvalue weighted by molar-refractivity contribution is -0.135. The third-order valence-electron chi connectivity index (χ3n) is 3.74. The molecule has 1 saturated heterocycles. The van der Waals surface area contributed by atoms with Crippen LogP contribution in [0.5, 0.6) is 5.75 Å². The predicted molar refractivity (Wildman–Crippen MR) is 95.2 cm³/mol. The van der Waals surface area contributed by atoms with E-state index in [4.69, 9.17) is 10.5 Å². The van der Waals surface area contributed by atoms with Gasteiger partial charge in [0.05, 0.1) is 0 Å². The molecule has 0 bridgehead atoms. The van der Waals surface area contributed by atoms with E-state index in [0.29, 0.717) is 0 Å². The standard InChI is InChI=1S/C17H27N3O2.ClH/c1-14-4-6-15(7-5-14)22-12-16(21)20-10-8-19(9-11-20)13-17(2,3)18;/h4-7H,8-13,18H2,1-3H3;1H. The molecule has 1 amide bonds. The van der Waals surface area contributed by atoms with Crippen LogP contribution in [0.3, 0.4) is 0 Å². The molecule has 1 aromatic carbocycles. The summed E-state index contributed by atoms with van der Waals surface area (Å²) < 4.78 is 5.56. The minimum Gasteiger partial charge on any atom is -0.484 e. The lowest BCUT2D eigenvalue weighted by Crippen LogP contribution is -2.54. The number of ether oxygens (including phenoxy) is 1. The van der Waals surface area contributed by atoms with Gasteiger partial charge in [0.2, 0.25) is 0 Å². The first-order chi connectivity index (χ1) is 10.3. The van der Waals surface area contributed by atoms with E-state index in [-0.39, 0.29) is 30.5 Å². The maximum Gasteiger partial charge on any atom is 0.260 e. The molecule has 0 aromatic heterocycles. The number of hydrogen-bond acceptors (Lipinski definition) is 4. The van der Waals surface area contributed by atoms with Gasteiger partial charge in [0.1, 0.15) is 5.75 Å². The number of benzene rings is 1. The number of amides is 1. The lowest BCUT2D eigenvalue weighted by atomic mass is 10.1. The summed E-state index contributed by atoms with van der Waals surface area (Å²) in [5, 5.41) is 0. The van der Waals surface area contributed by atoms with Crippen molar-refractivity contribution in [2.75, 3.05) is 39.3 Å². The van der Waals surface area contributed by atoms with E-state index >= 15 is 0 Å². The highest BCUT2D eigenvalue weighted by Crippen LogP contribution is 2.12. The highest BCUT2D eigenvalue weighted by molar-refractivity contribution is 5.85. The molecule has 0 unspecified atom stereocenters. The molecule has 0 saturated carbocycles. The Kier molecular flexibility index (Phi) is 7.32. The fourth-order valence-electron chi connectivity index (χ4n) is 2.60. The smallest absolute Gasteiger partial charge is 0.260 e. The van der Waals surface area contributed by atoms with Crippen molar-refractivity contribution in [1.29, 1.82) is 0 Å². The van der Waals surface area contributed by atoms with Crippen LogP contribution < -0.4 is 10.5 Å². The van der Waals surface area contributed by atoms with Gasteiger partial charge in [0.25, 0.3) is 5.91 Å². The van der Waals surface area contributed by atoms with E-state index in [1.54, 1.807) is 0 Å². The molecule has 1 fully saturated rings. The van der Waals surface area contributed by atoms with Gasteiger partial charge in [-0.1, -0.05) is 17.7 Å². The minimum absolute atomic E-state index is 0. The summed E-state index contributed by atoms with van der Waals surface area (Å²) in [6.07, 6.45) is 0. The molecule has 0 aliphatic carbocycles. The van der Waals surface area contributed by atoms with Gasteiger partial charge in [-0.15, -0.1) is 12.4 Å². The van der Waals surface area contributed by atoms with Gasteiger partial charge in [-0.2, -0.15) is 0 Å². The van der Waals surface area contributed by atoms with Crippen molar-refractivity contribution in [3.63, 3.8) is 0 Å². The summed E-state index contributed by atoms with van der Waals surface area (Å²) in [6, 6.07) is 7.74. The monoisotopic (exact) mass is 341 g/mol. The van der Waals surface area contributed by atoms with Crippen molar-refractivity contribution in [2.24, 2.45) is 5.73 Å². The van der Waals surface area contributed by atoms with E-state index < -0.39 is 0 Å². The van der Waals surface area contributed by atoms with E-state index in [1.807, 2.05) is 49.9 Å². The van der Waals surface area contributed by atoms with Crippen molar-refractivity contribution < 1.29 is 9.53 Å². The Morgan fingerprint density at radius 2 is 1.74 bits per heavy atom. The Balaban J connectivity index is 0.00000264. The van der Waals surface area contributed by atoms with Crippen molar-refractivity contribution in [1.82, 2.24) is 9.80 Å².